The van der Waals surface area contributed by atoms with Gasteiger partial charge in [-0.2, -0.15) is 0 Å². The second-order valence-corrected chi connectivity index (χ2v) is 23.7. The highest BCUT2D eigenvalue weighted by molar-refractivity contribution is 5.88. The lowest BCUT2D eigenvalue weighted by Crippen LogP contribution is -2.66. The van der Waals surface area contributed by atoms with Crippen LogP contribution in [0.5, 0.6) is 0 Å². The first-order chi connectivity index (χ1) is 38.1. The largest absolute Gasteiger partial charge is 0.456 e. The van der Waals surface area contributed by atoms with Crippen LogP contribution in [-0.4, -0.2) is 216 Å². The third-order valence-electron chi connectivity index (χ3n) is 16.9. The minimum absolute atomic E-state index is 0.00848. The Morgan fingerprint density at radius 1 is 0.741 bits per heavy atom. The van der Waals surface area contributed by atoms with Gasteiger partial charge < -0.3 is 97.7 Å². The second-order valence-electron chi connectivity index (χ2n) is 23.7. The minimum atomic E-state index is -2.54. The Kier molecular flexibility index (Phi) is 26.6. The zero-order valence-electron chi connectivity index (χ0n) is 50.5. The van der Waals surface area contributed by atoms with E-state index in [9.17, 15) is 45.6 Å². The maximum absolute atomic E-state index is 14.2. The van der Waals surface area contributed by atoms with Gasteiger partial charge in [0.25, 0.3) is 0 Å². The van der Waals surface area contributed by atoms with Gasteiger partial charge in [-0.05, 0) is 87.1 Å². The molecule has 4 fully saturated rings. The number of rotatable bonds is 15. The standard InChI is InChI=1S/C60H100O21/c1-31-19-16-17-21-42(61)45(71-13)27-47(78-57(67)35(5)25-33(3)23-32(2)24-34(4)43(22-18-20-31)79-58-53(65)52(64)54(73-15)39(9)76-58)55(66)60(69)37(7)50(62)36(6)44(81-60)26-41(30-70-12)77-49-29-59(11,68)56(40(10)75-49)80-48-28-46(72-14)51(63)38(8)74-48/h18-20,23-25,34,36-56,58,61-66,68-69H,16-17,21-22,26-30H2,1-15H3/b20-18+,31-19+,32-24+,33-23+,35-25+/t34-,36+,37-,38-,39+,40+,41-,42?,43-,44-,45?,46-,47+,48+,49+,50+,51-,52+,53+,54+,55-,56+,58+,59+,60-/m1/s1. The van der Waals surface area contributed by atoms with Gasteiger partial charge in [-0.25, -0.2) is 4.79 Å². The van der Waals surface area contributed by atoms with E-state index < -0.39 is 152 Å². The van der Waals surface area contributed by atoms with Crippen LogP contribution in [0.3, 0.4) is 0 Å². The molecule has 2 unspecified atom stereocenters. The lowest BCUT2D eigenvalue weighted by atomic mass is 9.76. The van der Waals surface area contributed by atoms with E-state index >= 15 is 0 Å². The Morgan fingerprint density at radius 3 is 2.06 bits per heavy atom. The molecular weight excluding hydrogens is 1060 g/mol. The van der Waals surface area contributed by atoms with Crippen LogP contribution < -0.4 is 0 Å². The highest BCUT2D eigenvalue weighted by atomic mass is 16.7. The third kappa shape index (κ3) is 18.2. The maximum Gasteiger partial charge on any atom is 0.334 e. The SMILES string of the molecule is COC[C@@H](C[C@H]1O[C@@](O)([C@H](O)[C@@H]2CC(OC)C(O)CCC/C=C(C)/C=C/C[C@@H](O[C@@H]3O[C@@H](C)[C@H](OC)[C@@H](O)[C@@H]3O)[C@H](C)/C=C(C)/C=C(C)/C=C(\C)C(=O)O2)[C@H](C)[C@@H](O)[C@H]1C)O[C@H]1C[C@](C)(O)[C@@H](O[C@H]2C[C@@H](OC)[C@H](O)[C@@H](C)O2)[C@H](C)O1. The summed E-state index contributed by atoms with van der Waals surface area (Å²) in [6, 6.07) is 0. The molecule has 0 bridgehead atoms. The number of allylic oxidation sites excluding steroid dienone is 7. The number of hydrogen-bond acceptors (Lipinski definition) is 21. The summed E-state index contributed by atoms with van der Waals surface area (Å²) in [4.78, 5) is 14.2. The molecule has 0 radical (unpaired) electrons. The number of carbonyl (C=O) groups is 1. The number of ether oxygens (including phenoxy) is 12. The number of aliphatic hydroxyl groups excluding tert-OH is 6. The van der Waals surface area contributed by atoms with Gasteiger partial charge in [-0.1, -0.05) is 67.9 Å². The van der Waals surface area contributed by atoms with E-state index in [2.05, 4.69) is 0 Å². The zero-order valence-corrected chi connectivity index (χ0v) is 50.5. The minimum Gasteiger partial charge on any atom is -0.456 e. The quantitative estimate of drug-likeness (QED) is 0.106. The van der Waals surface area contributed by atoms with Gasteiger partial charge in [-0.3, -0.25) is 0 Å². The Morgan fingerprint density at radius 2 is 1.42 bits per heavy atom. The van der Waals surface area contributed by atoms with E-state index in [0.717, 1.165) is 11.1 Å². The van der Waals surface area contributed by atoms with Crippen LogP contribution in [-0.2, 0) is 61.6 Å². The van der Waals surface area contributed by atoms with Crippen molar-refractivity contribution in [2.24, 2.45) is 17.8 Å². The highest BCUT2D eigenvalue weighted by Gasteiger charge is 2.58. The molecule has 0 amide bonds. The van der Waals surface area contributed by atoms with Gasteiger partial charge in [0.05, 0.1) is 73.2 Å². The molecule has 21 heteroatoms. The molecule has 4 saturated heterocycles. The average molecular weight is 1160 g/mol. The van der Waals surface area contributed by atoms with Crippen molar-refractivity contribution in [3.63, 3.8) is 0 Å². The van der Waals surface area contributed by atoms with E-state index in [1.54, 1.807) is 47.6 Å². The summed E-state index contributed by atoms with van der Waals surface area (Å²) in [6.45, 7) is 19.3. The van der Waals surface area contributed by atoms with Crippen LogP contribution >= 0.6 is 0 Å². The van der Waals surface area contributed by atoms with E-state index in [4.69, 9.17) is 56.8 Å². The number of esters is 1. The van der Waals surface area contributed by atoms with E-state index in [0.29, 0.717) is 24.8 Å². The van der Waals surface area contributed by atoms with Crippen LogP contribution in [0.4, 0.5) is 0 Å². The smallest absolute Gasteiger partial charge is 0.334 e. The Bertz CT molecular complexity index is 2110. The molecule has 5 aliphatic heterocycles. The Balaban J connectivity index is 1.38. The normalized spacial score (nSPS) is 46.1. The molecule has 0 aromatic rings. The van der Waals surface area contributed by atoms with Crippen molar-refractivity contribution in [3.8, 4) is 0 Å². The van der Waals surface area contributed by atoms with Crippen molar-refractivity contribution >= 4 is 5.97 Å². The van der Waals surface area contributed by atoms with Crippen molar-refractivity contribution in [3.05, 3.63) is 58.7 Å². The molecule has 466 valence electrons. The monoisotopic (exact) mass is 1160 g/mol. The first-order valence-electron chi connectivity index (χ1n) is 28.9. The van der Waals surface area contributed by atoms with Crippen LogP contribution in [0, 0.1) is 17.8 Å². The molecule has 0 saturated carbocycles. The molecule has 8 N–H and O–H groups in total. The van der Waals surface area contributed by atoms with Gasteiger partial charge in [-0.15, -0.1) is 0 Å². The van der Waals surface area contributed by atoms with E-state index in [-0.39, 0.29) is 50.2 Å². The molecule has 81 heavy (non-hydrogen) atoms. The van der Waals surface area contributed by atoms with Crippen LogP contribution in [0.15, 0.2) is 58.7 Å². The zero-order chi connectivity index (χ0) is 60.3. The molecule has 0 spiro atoms. The predicted molar refractivity (Wildman–Crippen MR) is 297 cm³/mol. The summed E-state index contributed by atoms with van der Waals surface area (Å²) >= 11 is 0. The molecule has 21 nitrogen and oxygen atoms in total. The van der Waals surface area contributed by atoms with Crippen LogP contribution in [0.1, 0.15) is 128 Å². The van der Waals surface area contributed by atoms with Crippen molar-refractivity contribution in [2.75, 3.05) is 35.0 Å². The number of methoxy groups -OCH3 is 4. The fourth-order valence-corrected chi connectivity index (χ4v) is 12.0. The van der Waals surface area contributed by atoms with Crippen molar-refractivity contribution < 1.29 is 102 Å². The third-order valence-corrected chi connectivity index (χ3v) is 16.9. The second kappa shape index (κ2) is 31.2. The molecule has 5 aliphatic rings. The average Bonchev–Trinajstić information content (AvgIpc) is 3.44. The lowest BCUT2D eigenvalue weighted by molar-refractivity contribution is -0.366. The molecule has 0 aromatic heterocycles. The summed E-state index contributed by atoms with van der Waals surface area (Å²) in [6.07, 6.45) is -6.18. The maximum atomic E-state index is 14.2. The summed E-state index contributed by atoms with van der Waals surface area (Å²) in [5.74, 6) is -5.38. The molecule has 5 rings (SSSR count). The van der Waals surface area contributed by atoms with Crippen LogP contribution in [0.2, 0.25) is 0 Å². The fraction of sp³-hybridized carbons (Fsp3) is 0.817. The van der Waals surface area contributed by atoms with Gasteiger partial charge in [0.1, 0.15) is 42.7 Å². The molecule has 25 atom stereocenters. The summed E-state index contributed by atoms with van der Waals surface area (Å²) in [5.41, 5.74) is 1.14. The van der Waals surface area contributed by atoms with Crippen LogP contribution in [0.25, 0.3) is 0 Å². The van der Waals surface area contributed by atoms with Gasteiger partial charge in [0.15, 0.2) is 18.9 Å². The van der Waals surface area contributed by atoms with Crippen molar-refractivity contribution in [1.82, 2.24) is 0 Å². The highest BCUT2D eigenvalue weighted by Crippen LogP contribution is 2.43. The number of cyclic esters (lactones) is 1. The van der Waals surface area contributed by atoms with E-state index in [1.165, 1.54) is 35.4 Å². The summed E-state index contributed by atoms with van der Waals surface area (Å²) in [7, 11) is 5.83. The van der Waals surface area contributed by atoms with Gasteiger partial charge >= 0.3 is 5.97 Å². The Hall–Kier alpha value is -2.59. The van der Waals surface area contributed by atoms with E-state index in [1.807, 2.05) is 58.1 Å². The van der Waals surface area contributed by atoms with Crippen molar-refractivity contribution in [1.29, 1.82) is 0 Å². The first-order valence-corrected chi connectivity index (χ1v) is 28.9. The molecular formula is C60H100O21. The number of hydrogen-bond donors (Lipinski definition) is 8. The molecule has 0 aromatic carbocycles. The first kappa shape index (κ1) is 69.2. The van der Waals surface area contributed by atoms with Gasteiger partial charge in [0.2, 0.25) is 5.79 Å². The van der Waals surface area contributed by atoms with Gasteiger partial charge in [0, 0.05) is 77.4 Å². The number of carbonyl (C=O) groups excluding carboxylic acids is 1. The van der Waals surface area contributed by atoms with Crippen molar-refractivity contribution in [2.45, 2.75) is 262 Å². The fourth-order valence-electron chi connectivity index (χ4n) is 12.0. The lowest BCUT2D eigenvalue weighted by Gasteiger charge is -2.51. The molecule has 0 aliphatic carbocycles. The summed E-state index contributed by atoms with van der Waals surface area (Å²) < 4.78 is 72.2. The molecule has 5 heterocycles. The summed E-state index contributed by atoms with van der Waals surface area (Å²) in [5, 5.41) is 92.8. The Labute approximate surface area is 480 Å². The predicted octanol–water partition coefficient (Wildman–Crippen LogP) is 4.37. The number of aliphatic hydroxyl groups is 8. The topological polar surface area (TPSA) is 290 Å².